The molecule has 2 atom stereocenters. The molecule has 3 heterocycles. The highest BCUT2D eigenvalue weighted by Crippen LogP contribution is 2.39. The van der Waals surface area contributed by atoms with Gasteiger partial charge in [-0.2, -0.15) is 26.3 Å². The fourth-order valence-electron chi connectivity index (χ4n) is 4.61. The third-order valence-electron chi connectivity index (χ3n) is 6.34. The van der Waals surface area contributed by atoms with Crippen LogP contribution in [0.1, 0.15) is 71.2 Å². The molecule has 3 aromatic rings. The summed E-state index contributed by atoms with van der Waals surface area (Å²) in [7, 11) is 0. The normalized spacial score (nSPS) is 18.7. The van der Waals surface area contributed by atoms with Crippen LogP contribution in [-0.4, -0.2) is 49.8 Å². The molecule has 14 heteroatoms. The molecule has 1 aromatic carbocycles. The fraction of sp³-hybridized carbons (Fsp3) is 0.519. The lowest BCUT2D eigenvalue weighted by Crippen LogP contribution is -2.51. The Hall–Kier alpha value is -3.71. The van der Waals surface area contributed by atoms with Gasteiger partial charge in [-0.05, 0) is 60.1 Å². The largest absolute Gasteiger partial charge is 0.491 e. The first kappa shape index (κ1) is 30.3. The second-order valence-corrected chi connectivity index (χ2v) is 11.1. The van der Waals surface area contributed by atoms with Crippen LogP contribution in [0.25, 0.3) is 16.6 Å². The summed E-state index contributed by atoms with van der Waals surface area (Å²) in [5.74, 6) is -0.426. The summed E-state index contributed by atoms with van der Waals surface area (Å²) in [5, 5.41) is 0. The standard InChI is InChI=1S/C27H30F6N4O4/c1-14(2)36-13-34-20-10-18(9-19(22(20)36)26(28,29)30)39-11-17-8-16(23-35-21(12-40-23)27(31,32)33)7-15(3)37(17)24(38)41-25(4,5)6/h8-10,12-15,17H,7,11H2,1-6H3/t15-,17-/m0/s1. The summed E-state index contributed by atoms with van der Waals surface area (Å²) in [4.78, 5) is 22.1. The minimum atomic E-state index is -4.72. The Labute approximate surface area is 231 Å². The molecule has 8 nitrogen and oxygen atoms in total. The summed E-state index contributed by atoms with van der Waals surface area (Å²) in [6, 6.07) is 0.400. The molecule has 41 heavy (non-hydrogen) atoms. The van der Waals surface area contributed by atoms with Crippen molar-refractivity contribution >= 4 is 22.7 Å². The number of oxazole rings is 1. The number of hydrogen-bond donors (Lipinski definition) is 0. The molecule has 0 N–H and O–H groups in total. The van der Waals surface area contributed by atoms with E-state index >= 15 is 0 Å². The van der Waals surface area contributed by atoms with Crippen LogP contribution in [-0.2, 0) is 17.1 Å². The molecule has 0 unspecified atom stereocenters. The molecule has 1 amide bonds. The Morgan fingerprint density at radius 3 is 2.37 bits per heavy atom. The number of halogens is 6. The van der Waals surface area contributed by atoms with Crippen molar-refractivity contribution in [1.82, 2.24) is 19.4 Å². The number of rotatable bonds is 5. The zero-order chi connectivity index (χ0) is 30.5. The second kappa shape index (κ2) is 10.6. The predicted molar refractivity (Wildman–Crippen MR) is 136 cm³/mol. The van der Waals surface area contributed by atoms with Gasteiger partial charge in [0.25, 0.3) is 0 Å². The molecule has 224 valence electrons. The van der Waals surface area contributed by atoms with Gasteiger partial charge in [-0.1, -0.05) is 0 Å². The highest BCUT2D eigenvalue weighted by atomic mass is 19.4. The topological polar surface area (TPSA) is 82.6 Å². The van der Waals surface area contributed by atoms with Gasteiger partial charge in [0.2, 0.25) is 5.89 Å². The minimum absolute atomic E-state index is 0.0697. The number of fused-ring (bicyclic) bond motifs is 1. The Morgan fingerprint density at radius 1 is 1.12 bits per heavy atom. The van der Waals surface area contributed by atoms with Crippen LogP contribution in [0, 0.1) is 0 Å². The van der Waals surface area contributed by atoms with Crippen LogP contribution in [0.5, 0.6) is 5.75 Å². The average molecular weight is 589 g/mol. The van der Waals surface area contributed by atoms with Crippen molar-refractivity contribution in [3.05, 3.63) is 47.9 Å². The van der Waals surface area contributed by atoms with Gasteiger partial charge in [0.05, 0.1) is 29.0 Å². The SMILES string of the molecule is CC(C)n1cnc2cc(OC[C@@H]3C=C(c4nc(C(F)(F)F)co4)C[C@H](C)N3C(=O)OC(C)(C)C)cc(C(F)(F)F)c21. The molecule has 0 spiro atoms. The average Bonchev–Trinajstić information content (AvgIpc) is 3.47. The molecule has 0 saturated carbocycles. The number of imidazole rings is 1. The lowest BCUT2D eigenvalue weighted by Gasteiger charge is -2.39. The molecule has 0 fully saturated rings. The molecular weight excluding hydrogens is 558 g/mol. The van der Waals surface area contributed by atoms with Crippen LogP contribution in [0.2, 0.25) is 0 Å². The van der Waals surface area contributed by atoms with Crippen LogP contribution in [0.15, 0.2) is 35.2 Å². The Balaban J connectivity index is 1.71. The van der Waals surface area contributed by atoms with E-state index in [4.69, 9.17) is 13.9 Å². The van der Waals surface area contributed by atoms with E-state index in [-0.39, 0.29) is 47.3 Å². The number of nitrogens with zero attached hydrogens (tertiary/aromatic N) is 4. The summed E-state index contributed by atoms with van der Waals surface area (Å²) < 4.78 is 99.3. The zero-order valence-corrected chi connectivity index (χ0v) is 23.2. The maximum atomic E-state index is 14.0. The zero-order valence-electron chi connectivity index (χ0n) is 23.2. The smallest absolute Gasteiger partial charge is 0.436 e. The van der Waals surface area contributed by atoms with Gasteiger partial charge in [0.1, 0.15) is 24.2 Å². The van der Waals surface area contributed by atoms with Crippen LogP contribution < -0.4 is 4.74 Å². The van der Waals surface area contributed by atoms with Crippen molar-refractivity contribution in [2.45, 2.75) is 84.0 Å². The quantitative estimate of drug-likeness (QED) is 0.287. The van der Waals surface area contributed by atoms with Crippen LogP contribution in [0.3, 0.4) is 0 Å². The second-order valence-electron chi connectivity index (χ2n) is 11.1. The molecule has 0 saturated heterocycles. The number of benzene rings is 1. The van der Waals surface area contributed by atoms with Crippen molar-refractivity contribution in [2.75, 3.05) is 6.61 Å². The number of carbonyl (C=O) groups excluding carboxylic acids is 1. The first-order valence-electron chi connectivity index (χ1n) is 12.8. The maximum absolute atomic E-state index is 14.0. The van der Waals surface area contributed by atoms with Crippen molar-refractivity contribution in [3.63, 3.8) is 0 Å². The summed E-state index contributed by atoms with van der Waals surface area (Å²) in [5.41, 5.74) is -2.75. The number of hydrogen-bond acceptors (Lipinski definition) is 6. The van der Waals surface area contributed by atoms with E-state index in [9.17, 15) is 31.1 Å². The van der Waals surface area contributed by atoms with E-state index in [2.05, 4.69) is 9.97 Å². The number of ether oxygens (including phenoxy) is 2. The Kier molecular flexibility index (Phi) is 7.82. The number of carbonyl (C=O) groups is 1. The molecule has 0 aliphatic carbocycles. The molecular formula is C27H30F6N4O4. The summed E-state index contributed by atoms with van der Waals surface area (Å²) >= 11 is 0. The molecule has 0 bridgehead atoms. The van der Waals surface area contributed by atoms with Crippen molar-refractivity contribution in [3.8, 4) is 5.75 Å². The van der Waals surface area contributed by atoms with E-state index in [0.717, 1.165) is 6.07 Å². The Morgan fingerprint density at radius 2 is 1.80 bits per heavy atom. The predicted octanol–water partition coefficient (Wildman–Crippen LogP) is 7.50. The van der Waals surface area contributed by atoms with Gasteiger partial charge in [-0.25, -0.2) is 14.8 Å². The van der Waals surface area contributed by atoms with E-state index in [1.54, 1.807) is 41.5 Å². The van der Waals surface area contributed by atoms with Crippen LogP contribution >= 0.6 is 0 Å². The van der Waals surface area contributed by atoms with Gasteiger partial charge in [0.15, 0.2) is 5.69 Å². The van der Waals surface area contributed by atoms with Gasteiger partial charge in [-0.15, -0.1) is 0 Å². The highest BCUT2D eigenvalue weighted by molar-refractivity contribution is 5.82. The Bertz CT molecular complexity index is 1450. The third kappa shape index (κ3) is 6.62. The van der Waals surface area contributed by atoms with Crippen molar-refractivity contribution in [2.24, 2.45) is 0 Å². The van der Waals surface area contributed by atoms with Crippen LogP contribution in [0.4, 0.5) is 31.1 Å². The lowest BCUT2D eigenvalue weighted by molar-refractivity contribution is -0.141. The number of aromatic nitrogens is 3. The minimum Gasteiger partial charge on any atom is -0.491 e. The van der Waals surface area contributed by atoms with Crippen molar-refractivity contribution < 1.29 is 45.0 Å². The number of amides is 1. The van der Waals surface area contributed by atoms with Gasteiger partial charge in [-0.3, -0.25) is 4.90 Å². The first-order chi connectivity index (χ1) is 18.8. The van der Waals surface area contributed by atoms with Crippen molar-refractivity contribution in [1.29, 1.82) is 0 Å². The van der Waals surface area contributed by atoms with E-state index in [0.29, 0.717) is 6.26 Å². The number of alkyl halides is 6. The summed E-state index contributed by atoms with van der Waals surface area (Å²) in [6.07, 6.45) is -6.79. The maximum Gasteiger partial charge on any atom is 0.436 e. The molecule has 1 aliphatic heterocycles. The third-order valence-corrected chi connectivity index (χ3v) is 6.34. The molecule has 2 aromatic heterocycles. The van der Waals surface area contributed by atoms with E-state index in [1.807, 2.05) is 0 Å². The molecule has 4 rings (SSSR count). The van der Waals surface area contributed by atoms with Gasteiger partial charge in [0, 0.05) is 23.7 Å². The van der Waals surface area contributed by atoms with E-state index in [1.165, 1.54) is 27.9 Å². The first-order valence-corrected chi connectivity index (χ1v) is 12.8. The fourth-order valence-corrected chi connectivity index (χ4v) is 4.61. The summed E-state index contributed by atoms with van der Waals surface area (Å²) in [6.45, 7) is 9.79. The van der Waals surface area contributed by atoms with E-state index < -0.39 is 47.4 Å². The van der Waals surface area contributed by atoms with Gasteiger partial charge >= 0.3 is 18.4 Å². The molecule has 0 radical (unpaired) electrons. The molecule has 1 aliphatic rings. The highest BCUT2D eigenvalue weighted by Gasteiger charge is 2.39. The monoisotopic (exact) mass is 588 g/mol. The van der Waals surface area contributed by atoms with Gasteiger partial charge < -0.3 is 18.5 Å². The lowest BCUT2D eigenvalue weighted by atomic mass is 9.96.